The molecule has 7 N–H and O–H groups in total. The molecule has 0 bridgehead atoms. The fourth-order valence-electron chi connectivity index (χ4n) is 12.6. The van der Waals surface area contributed by atoms with E-state index in [1.807, 2.05) is 13.8 Å². The van der Waals surface area contributed by atoms with E-state index in [1.165, 1.54) is 0 Å². The van der Waals surface area contributed by atoms with Crippen molar-refractivity contribution in [3.63, 3.8) is 0 Å². The molecule has 0 radical (unpaired) electrons. The lowest BCUT2D eigenvalue weighted by molar-refractivity contribution is -0.339. The smallest absolute Gasteiger partial charge is 0.338 e. The average molecular weight is 747 g/mol. The number of aliphatic hydroxyl groups is 7. The van der Waals surface area contributed by atoms with Crippen molar-refractivity contribution in [1.82, 2.24) is 0 Å². The fraction of sp³-hybridized carbons (Fsp3) is 0.825. The van der Waals surface area contributed by atoms with Crippen LogP contribution in [0.2, 0.25) is 0 Å². The molecule has 13 heteroatoms. The first-order valence-electron chi connectivity index (χ1n) is 19.7. The number of fused-ring (bicyclic) bond motifs is 7. The largest absolute Gasteiger partial charge is 0.456 e. The van der Waals surface area contributed by atoms with Crippen LogP contribution in [-0.2, 0) is 23.7 Å². The molecule has 3 aliphatic heterocycles. The summed E-state index contributed by atoms with van der Waals surface area (Å²) in [5.74, 6) is -0.951. The van der Waals surface area contributed by atoms with Crippen molar-refractivity contribution < 1.29 is 64.2 Å². The minimum absolute atomic E-state index is 0.0422. The number of aliphatic hydroxyl groups excluding tert-OH is 6. The lowest BCUT2D eigenvalue weighted by Crippen LogP contribution is -2.71. The summed E-state index contributed by atoms with van der Waals surface area (Å²) in [6.07, 6.45) is -8.04. The van der Waals surface area contributed by atoms with Gasteiger partial charge < -0.3 is 59.4 Å². The summed E-state index contributed by atoms with van der Waals surface area (Å²) in [4.78, 5) is 13.4. The standard InChI is InChI=1S/C40H58O13/c1-19-18-49-40(14-25(19)42)20(2)31-26(53-40)13-24-22-12-30(43)39(48)16-28(50-35(47)21-8-6-5-7-9-21)27(15-38(39,4)23(22)10-11-37(24,31)3)51-36-34(46)33(45)32(44)29(17-41)52-36/h5-9,19-20,22-34,36,41-46,48H,10-18H2,1-4H3. The molecule has 53 heavy (non-hydrogen) atoms. The molecule has 20 unspecified atom stereocenters. The van der Waals surface area contributed by atoms with E-state index in [0.29, 0.717) is 25.0 Å². The van der Waals surface area contributed by atoms with Gasteiger partial charge >= 0.3 is 5.97 Å². The maximum atomic E-state index is 13.4. The number of ether oxygens (including phenoxy) is 5. The van der Waals surface area contributed by atoms with Crippen LogP contribution in [-0.4, -0.2) is 128 Å². The van der Waals surface area contributed by atoms with E-state index in [0.717, 1.165) is 19.3 Å². The number of hydrogen-bond donors (Lipinski definition) is 7. The molecule has 7 fully saturated rings. The van der Waals surface area contributed by atoms with Gasteiger partial charge in [-0.25, -0.2) is 4.79 Å². The fourth-order valence-corrected chi connectivity index (χ4v) is 12.6. The summed E-state index contributed by atoms with van der Waals surface area (Å²) in [7, 11) is 0. The molecule has 1 aromatic carbocycles. The van der Waals surface area contributed by atoms with E-state index < -0.39 is 84.5 Å². The maximum Gasteiger partial charge on any atom is 0.338 e. The molecule has 296 valence electrons. The molecule has 13 nitrogen and oxygen atoms in total. The zero-order valence-electron chi connectivity index (χ0n) is 31.1. The normalized spacial score (nSPS) is 54.8. The molecule has 3 heterocycles. The summed E-state index contributed by atoms with van der Waals surface area (Å²) in [6, 6.07) is 8.42. The summed E-state index contributed by atoms with van der Waals surface area (Å²) in [5.41, 5.74) is -2.40. The van der Waals surface area contributed by atoms with Crippen molar-refractivity contribution in [3.05, 3.63) is 35.9 Å². The molecule has 4 aliphatic carbocycles. The van der Waals surface area contributed by atoms with E-state index in [4.69, 9.17) is 23.7 Å². The van der Waals surface area contributed by atoms with Crippen LogP contribution in [0.5, 0.6) is 0 Å². The van der Waals surface area contributed by atoms with E-state index in [-0.39, 0.29) is 59.9 Å². The van der Waals surface area contributed by atoms with Gasteiger partial charge in [0.15, 0.2) is 12.1 Å². The molecule has 0 amide bonds. The second-order valence-electron chi connectivity index (χ2n) is 18.2. The van der Waals surface area contributed by atoms with Crippen LogP contribution in [0.1, 0.15) is 83.0 Å². The summed E-state index contributed by atoms with van der Waals surface area (Å²) in [5, 5.41) is 77.4. The Balaban J connectivity index is 1.08. The van der Waals surface area contributed by atoms with E-state index in [9.17, 15) is 40.5 Å². The van der Waals surface area contributed by atoms with Crippen LogP contribution in [0.3, 0.4) is 0 Å². The Kier molecular flexibility index (Phi) is 9.67. The van der Waals surface area contributed by atoms with Gasteiger partial charge in [0.1, 0.15) is 30.5 Å². The molecular formula is C40H58O13. The van der Waals surface area contributed by atoms with Gasteiger partial charge in [0, 0.05) is 30.1 Å². The molecule has 7 aliphatic rings. The molecule has 3 saturated heterocycles. The first-order chi connectivity index (χ1) is 25.1. The molecule has 8 rings (SSSR count). The van der Waals surface area contributed by atoms with Gasteiger partial charge in [-0.2, -0.15) is 0 Å². The molecule has 4 saturated carbocycles. The number of hydrogen-bond acceptors (Lipinski definition) is 13. The Morgan fingerprint density at radius 3 is 2.36 bits per heavy atom. The van der Waals surface area contributed by atoms with Crippen molar-refractivity contribution in [2.24, 2.45) is 46.3 Å². The predicted molar refractivity (Wildman–Crippen MR) is 186 cm³/mol. The van der Waals surface area contributed by atoms with Gasteiger partial charge in [0.2, 0.25) is 0 Å². The Morgan fingerprint density at radius 1 is 0.925 bits per heavy atom. The van der Waals surface area contributed by atoms with Crippen molar-refractivity contribution in [2.75, 3.05) is 13.2 Å². The molecule has 0 aromatic heterocycles. The monoisotopic (exact) mass is 746 g/mol. The van der Waals surface area contributed by atoms with Crippen molar-refractivity contribution >= 4 is 5.97 Å². The third-order valence-electron chi connectivity index (χ3n) is 15.7. The van der Waals surface area contributed by atoms with Crippen LogP contribution >= 0.6 is 0 Å². The SMILES string of the molecule is CC1COC2(CC1O)OC1CC3C4CC(O)C5(O)CC(OC(=O)c6ccccc6)C(OC6OC(CO)C(O)C(O)C6O)CC5(C)C4CCC3(C)C1C2C. The summed E-state index contributed by atoms with van der Waals surface area (Å²) in [6.45, 7) is 8.34. The highest BCUT2D eigenvalue weighted by molar-refractivity contribution is 5.89. The lowest BCUT2D eigenvalue weighted by atomic mass is 9.42. The van der Waals surface area contributed by atoms with Gasteiger partial charge in [-0.3, -0.25) is 0 Å². The first-order valence-corrected chi connectivity index (χ1v) is 19.7. The van der Waals surface area contributed by atoms with Crippen LogP contribution in [0.25, 0.3) is 0 Å². The predicted octanol–water partition coefficient (Wildman–Crippen LogP) is 1.51. The third kappa shape index (κ3) is 5.70. The van der Waals surface area contributed by atoms with Crippen molar-refractivity contribution in [2.45, 2.75) is 145 Å². The summed E-state index contributed by atoms with van der Waals surface area (Å²) >= 11 is 0. The van der Waals surface area contributed by atoms with Gasteiger partial charge in [0.05, 0.1) is 48.8 Å². The molecule has 1 aromatic rings. The highest BCUT2D eigenvalue weighted by atomic mass is 16.7. The van der Waals surface area contributed by atoms with Crippen LogP contribution < -0.4 is 0 Å². The Hall–Kier alpha value is -1.75. The third-order valence-corrected chi connectivity index (χ3v) is 15.7. The van der Waals surface area contributed by atoms with Gasteiger partial charge in [0.25, 0.3) is 0 Å². The van der Waals surface area contributed by atoms with Gasteiger partial charge in [-0.1, -0.05) is 45.9 Å². The van der Waals surface area contributed by atoms with Crippen molar-refractivity contribution in [1.29, 1.82) is 0 Å². The second-order valence-corrected chi connectivity index (χ2v) is 18.2. The number of carbonyl (C=O) groups excluding carboxylic acids is 1. The highest BCUT2D eigenvalue weighted by Gasteiger charge is 2.73. The van der Waals surface area contributed by atoms with Crippen LogP contribution in [0.15, 0.2) is 30.3 Å². The highest BCUT2D eigenvalue weighted by Crippen LogP contribution is 2.72. The van der Waals surface area contributed by atoms with Gasteiger partial charge in [-0.05, 0) is 73.3 Å². The Labute approximate surface area is 310 Å². The molecule has 20 atom stereocenters. The average Bonchev–Trinajstić information content (AvgIpc) is 3.57. The quantitative estimate of drug-likeness (QED) is 0.169. The number of rotatable bonds is 5. The van der Waals surface area contributed by atoms with E-state index in [2.05, 4.69) is 13.8 Å². The Morgan fingerprint density at radius 2 is 1.66 bits per heavy atom. The zero-order valence-corrected chi connectivity index (χ0v) is 31.1. The molecule has 1 spiro atoms. The van der Waals surface area contributed by atoms with Crippen LogP contribution in [0.4, 0.5) is 0 Å². The zero-order chi connectivity index (χ0) is 37.8. The van der Waals surface area contributed by atoms with Gasteiger partial charge in [-0.15, -0.1) is 0 Å². The Bertz CT molecular complexity index is 1510. The second kappa shape index (κ2) is 13.4. The lowest BCUT2D eigenvalue weighted by Gasteiger charge is -2.66. The minimum Gasteiger partial charge on any atom is -0.456 e. The minimum atomic E-state index is -1.67. The summed E-state index contributed by atoms with van der Waals surface area (Å²) < 4.78 is 31.4. The van der Waals surface area contributed by atoms with E-state index >= 15 is 0 Å². The van der Waals surface area contributed by atoms with Crippen LogP contribution in [0, 0.1) is 46.3 Å². The molecular weight excluding hydrogens is 688 g/mol. The number of benzene rings is 1. The van der Waals surface area contributed by atoms with E-state index in [1.54, 1.807) is 30.3 Å². The van der Waals surface area contributed by atoms with Crippen molar-refractivity contribution in [3.8, 4) is 0 Å². The number of carbonyl (C=O) groups is 1. The topological polar surface area (TPSA) is 205 Å². The maximum absolute atomic E-state index is 13.4. The number of esters is 1. The first kappa shape index (κ1) is 38.1.